The summed E-state index contributed by atoms with van der Waals surface area (Å²) in [6.07, 6.45) is 0. The van der Waals surface area contributed by atoms with E-state index < -0.39 is 11.8 Å². The van der Waals surface area contributed by atoms with Crippen molar-refractivity contribution in [1.29, 1.82) is 0 Å². The van der Waals surface area contributed by atoms with Gasteiger partial charge in [-0.2, -0.15) is 0 Å². The number of halogens is 2. The van der Waals surface area contributed by atoms with Gasteiger partial charge in [0, 0.05) is 21.2 Å². The molecule has 0 saturated heterocycles. The number of carbonyl (C=O) groups is 2. The fourth-order valence-corrected chi connectivity index (χ4v) is 9.87. The Labute approximate surface area is 240 Å². The lowest BCUT2D eigenvalue weighted by Crippen LogP contribution is -2.31. The topological polar surface area (TPSA) is 99.9 Å². The zero-order valence-electron chi connectivity index (χ0n) is 18.8. The number of H-pyrrole nitrogens is 2. The van der Waals surface area contributed by atoms with Gasteiger partial charge in [0.05, 0.1) is 41.5 Å². The fourth-order valence-electron chi connectivity index (χ4n) is 5.02. The van der Waals surface area contributed by atoms with Gasteiger partial charge >= 0.3 is 9.75 Å². The third-order valence-electron chi connectivity index (χ3n) is 6.59. The molecule has 0 amide bonds. The van der Waals surface area contributed by atoms with Crippen LogP contribution in [0, 0.1) is 0 Å². The normalized spacial score (nSPS) is 20.3. The molecular weight excluding hydrogens is 603 g/mol. The van der Waals surface area contributed by atoms with Crippen molar-refractivity contribution in [2.24, 2.45) is 0 Å². The maximum Gasteiger partial charge on any atom is 0.305 e. The van der Waals surface area contributed by atoms with Gasteiger partial charge in [-0.15, -0.1) is 0 Å². The van der Waals surface area contributed by atoms with Crippen LogP contribution in [-0.2, 0) is 9.59 Å². The van der Waals surface area contributed by atoms with Gasteiger partial charge in [0.15, 0.2) is 5.78 Å². The Kier molecular flexibility index (Phi) is 5.77. The van der Waals surface area contributed by atoms with Crippen molar-refractivity contribution in [2.45, 2.75) is 21.9 Å². The average molecular weight is 616 g/mol. The first-order chi connectivity index (χ1) is 18.3. The number of Topliss-reactive ketones (excluding diaryl/α,β-unsaturated/α-hetero) is 2. The summed E-state index contributed by atoms with van der Waals surface area (Å²) in [7, 11) is 0. The third kappa shape index (κ3) is 3.70. The van der Waals surface area contributed by atoms with Crippen molar-refractivity contribution in [3.63, 3.8) is 0 Å². The minimum atomic E-state index is -0.616. The van der Waals surface area contributed by atoms with E-state index >= 15 is 0 Å². The van der Waals surface area contributed by atoms with Crippen LogP contribution >= 0.6 is 69.4 Å². The van der Waals surface area contributed by atoms with E-state index in [1.807, 2.05) is 24.3 Å². The van der Waals surface area contributed by atoms with Crippen LogP contribution in [0.15, 0.2) is 89.1 Å². The average Bonchev–Trinajstić information content (AvgIpc) is 3.46. The molecule has 2 atom stereocenters. The molecule has 4 aromatic rings. The molecule has 188 valence electrons. The van der Waals surface area contributed by atoms with E-state index in [4.69, 9.17) is 23.2 Å². The monoisotopic (exact) mass is 614 g/mol. The van der Waals surface area contributed by atoms with Gasteiger partial charge in [-0.3, -0.25) is 19.2 Å². The summed E-state index contributed by atoms with van der Waals surface area (Å²) in [6, 6.07) is 14.2. The van der Waals surface area contributed by atoms with Crippen molar-refractivity contribution in [1.82, 2.24) is 9.97 Å². The number of carbonyl (C=O) groups excluding carboxylic acids is 2. The first-order valence-electron chi connectivity index (χ1n) is 11.2. The molecule has 7 rings (SSSR count). The summed E-state index contributed by atoms with van der Waals surface area (Å²) in [4.78, 5) is 60.6. The molecule has 2 aliphatic heterocycles. The number of allylic oxidation sites excluding steroid dienone is 4. The summed E-state index contributed by atoms with van der Waals surface area (Å²) in [6.45, 7) is 0. The molecule has 4 heterocycles. The molecule has 2 aromatic heterocycles. The highest BCUT2D eigenvalue weighted by Crippen LogP contribution is 2.58. The Morgan fingerprint density at radius 1 is 0.579 bits per heavy atom. The second-order valence-electron chi connectivity index (χ2n) is 8.73. The Morgan fingerprint density at radius 2 is 0.974 bits per heavy atom. The second-order valence-corrected chi connectivity index (χ2v) is 13.7. The number of fused-ring (bicyclic) bond motifs is 2. The first kappa shape index (κ1) is 24.4. The molecule has 6 nitrogen and oxygen atoms in total. The van der Waals surface area contributed by atoms with Crippen LogP contribution in [0.5, 0.6) is 0 Å². The maximum absolute atomic E-state index is 14.6. The fraction of sp³-hybridized carbons (Fsp3) is 0.0769. The summed E-state index contributed by atoms with van der Waals surface area (Å²) in [5.74, 6) is -1.80. The predicted molar refractivity (Wildman–Crippen MR) is 152 cm³/mol. The van der Waals surface area contributed by atoms with Gasteiger partial charge in [0.25, 0.3) is 0 Å². The van der Waals surface area contributed by atoms with Gasteiger partial charge in [0.2, 0.25) is 5.78 Å². The number of thiazole rings is 2. The Morgan fingerprint density at radius 3 is 1.37 bits per heavy atom. The second kappa shape index (κ2) is 8.97. The van der Waals surface area contributed by atoms with Gasteiger partial charge in [0.1, 0.15) is 0 Å². The van der Waals surface area contributed by atoms with Crippen LogP contribution in [0.2, 0.25) is 10.0 Å². The van der Waals surface area contributed by atoms with Crippen LogP contribution in [0.4, 0.5) is 0 Å². The van der Waals surface area contributed by atoms with Gasteiger partial charge in [-0.1, -0.05) is 93.7 Å². The van der Waals surface area contributed by atoms with Crippen molar-refractivity contribution in [3.8, 4) is 0 Å². The van der Waals surface area contributed by atoms with E-state index in [0.717, 1.165) is 57.3 Å². The minimum Gasteiger partial charge on any atom is -0.307 e. The molecule has 0 fully saturated rings. The molecule has 2 unspecified atom stereocenters. The number of benzene rings is 2. The lowest BCUT2D eigenvalue weighted by atomic mass is 9.76. The smallest absolute Gasteiger partial charge is 0.305 e. The lowest BCUT2D eigenvalue weighted by Gasteiger charge is -2.35. The molecule has 3 aliphatic rings. The molecular formula is C26H12Cl2N2O4S4. The SMILES string of the molecule is O=C1C2=C(C(=O)C3=C1Sc1[nH]c(=O)sc1C3c1ccc(Cl)cc1)C(c1ccc(Cl)cc1)c1sc(=O)[nH]c1S2. The highest BCUT2D eigenvalue weighted by molar-refractivity contribution is 8.06. The summed E-state index contributed by atoms with van der Waals surface area (Å²) >= 11 is 16.6. The summed E-state index contributed by atoms with van der Waals surface area (Å²) in [5, 5.41) is 2.19. The van der Waals surface area contributed by atoms with Crippen LogP contribution in [0.25, 0.3) is 0 Å². The molecule has 0 saturated carbocycles. The van der Waals surface area contributed by atoms with E-state index in [9.17, 15) is 19.2 Å². The van der Waals surface area contributed by atoms with Crippen LogP contribution < -0.4 is 9.75 Å². The quantitative estimate of drug-likeness (QED) is 0.256. The number of aromatic nitrogens is 2. The number of aromatic amines is 2. The number of hydrogen-bond donors (Lipinski definition) is 2. The number of hydrogen-bond acceptors (Lipinski definition) is 8. The number of rotatable bonds is 2. The van der Waals surface area contributed by atoms with Gasteiger partial charge < -0.3 is 9.97 Å². The first-order valence-corrected chi connectivity index (χ1v) is 15.2. The van der Waals surface area contributed by atoms with Crippen LogP contribution in [-0.4, -0.2) is 21.5 Å². The lowest BCUT2D eigenvalue weighted by molar-refractivity contribution is -0.116. The predicted octanol–water partition coefficient (Wildman–Crippen LogP) is 6.33. The number of ketones is 2. The third-order valence-corrected chi connectivity index (χ3v) is 11.5. The zero-order chi connectivity index (χ0) is 26.3. The molecule has 2 N–H and O–H groups in total. The summed E-state index contributed by atoms with van der Waals surface area (Å²) < 4.78 is 0. The van der Waals surface area contributed by atoms with Crippen LogP contribution in [0.1, 0.15) is 32.7 Å². The molecule has 38 heavy (non-hydrogen) atoms. The van der Waals surface area contributed by atoms with Crippen molar-refractivity contribution in [2.75, 3.05) is 0 Å². The van der Waals surface area contributed by atoms with E-state index in [1.54, 1.807) is 24.3 Å². The Balaban J connectivity index is 1.46. The van der Waals surface area contributed by atoms with E-state index in [1.165, 1.54) is 0 Å². The zero-order valence-corrected chi connectivity index (χ0v) is 23.6. The van der Waals surface area contributed by atoms with Crippen LogP contribution in [0.3, 0.4) is 0 Å². The molecule has 1 aliphatic carbocycles. The largest absolute Gasteiger partial charge is 0.307 e. The van der Waals surface area contributed by atoms with E-state index in [2.05, 4.69) is 9.97 Å². The van der Waals surface area contributed by atoms with E-state index in [-0.39, 0.29) is 21.3 Å². The molecule has 2 aromatic carbocycles. The van der Waals surface area contributed by atoms with Gasteiger partial charge in [-0.25, -0.2) is 0 Å². The highest BCUT2D eigenvalue weighted by Gasteiger charge is 2.49. The Bertz CT molecular complexity index is 1740. The number of thioether (sulfide) groups is 2. The molecule has 0 radical (unpaired) electrons. The summed E-state index contributed by atoms with van der Waals surface area (Å²) in [5.41, 5.74) is 2.19. The van der Waals surface area contributed by atoms with Gasteiger partial charge in [-0.05, 0) is 35.4 Å². The number of nitrogens with one attached hydrogen (secondary N) is 2. The minimum absolute atomic E-state index is 0.257. The van der Waals surface area contributed by atoms with Crippen molar-refractivity contribution < 1.29 is 9.59 Å². The standard InChI is InChI=1S/C26H12Cl2N2O4S4/c27-11-5-1-9(2-6-11)13-15-17(31)16-14(10-3-7-12(28)8-4-10)22-24(30-26(34)38-22)36-20(16)18(32)19(15)35-23-21(13)37-25(33)29-23/h1-8,13-14H,(H,29,33)(H,30,34). The highest BCUT2D eigenvalue weighted by atomic mass is 35.5. The molecule has 0 spiro atoms. The molecule has 0 bridgehead atoms. The Hall–Kier alpha value is -2.60. The maximum atomic E-state index is 14.6. The van der Waals surface area contributed by atoms with E-state index in [0.29, 0.717) is 50.8 Å². The van der Waals surface area contributed by atoms with Crippen molar-refractivity contribution >= 4 is 81.0 Å². The van der Waals surface area contributed by atoms with Crippen molar-refractivity contribution in [3.05, 3.63) is 120 Å². The molecule has 12 heteroatoms.